The van der Waals surface area contributed by atoms with Gasteiger partial charge in [-0.1, -0.05) is 32.0 Å². The van der Waals surface area contributed by atoms with Crippen LogP contribution < -0.4 is 10.1 Å². The zero-order valence-electron chi connectivity index (χ0n) is 16.9. The van der Waals surface area contributed by atoms with Crippen LogP contribution in [-0.4, -0.2) is 61.4 Å². The summed E-state index contributed by atoms with van der Waals surface area (Å²) in [5.41, 5.74) is 1.23. The Balaban J connectivity index is 1.79. The minimum Gasteiger partial charge on any atom is -0.492 e. The van der Waals surface area contributed by atoms with Crippen LogP contribution in [0.1, 0.15) is 24.2 Å². The molecule has 0 saturated heterocycles. The van der Waals surface area contributed by atoms with E-state index < -0.39 is 0 Å². The van der Waals surface area contributed by atoms with Crippen LogP contribution in [0.3, 0.4) is 0 Å². The van der Waals surface area contributed by atoms with E-state index in [1.807, 2.05) is 18.2 Å². The standard InChI is InChI=1S/C22H29N3O3/c1-4-25(5-2)15-16-28-20-13-11-19(12-14-20)23-21(26)17-24(3)22(27)18-9-7-6-8-10-18/h6-14H,4-5,15-17H2,1-3H3,(H,23,26). The van der Waals surface area contributed by atoms with Gasteiger partial charge in [-0.2, -0.15) is 0 Å². The molecule has 6 nitrogen and oxygen atoms in total. The maximum atomic E-state index is 12.3. The van der Waals surface area contributed by atoms with Crippen molar-refractivity contribution in [3.05, 3.63) is 60.2 Å². The van der Waals surface area contributed by atoms with Gasteiger partial charge in [-0.3, -0.25) is 9.59 Å². The first-order chi connectivity index (χ1) is 13.5. The Hall–Kier alpha value is -2.86. The molecule has 2 aromatic rings. The minimum atomic E-state index is -0.248. The highest BCUT2D eigenvalue weighted by Crippen LogP contribution is 2.16. The highest BCUT2D eigenvalue weighted by atomic mass is 16.5. The number of rotatable bonds is 10. The largest absolute Gasteiger partial charge is 0.492 e. The van der Waals surface area contributed by atoms with Crippen LogP contribution in [0, 0.1) is 0 Å². The van der Waals surface area contributed by atoms with E-state index in [0.717, 1.165) is 25.4 Å². The molecule has 2 amide bonds. The van der Waals surface area contributed by atoms with Crippen LogP contribution >= 0.6 is 0 Å². The lowest BCUT2D eigenvalue weighted by Gasteiger charge is -2.18. The van der Waals surface area contributed by atoms with Crippen molar-refractivity contribution in [1.29, 1.82) is 0 Å². The third-order valence-corrected chi connectivity index (χ3v) is 4.46. The number of likely N-dealkylation sites (N-methyl/N-ethyl adjacent to an activating group) is 2. The zero-order valence-corrected chi connectivity index (χ0v) is 16.9. The summed E-state index contributed by atoms with van der Waals surface area (Å²) in [5, 5.41) is 2.80. The zero-order chi connectivity index (χ0) is 20.4. The quantitative estimate of drug-likeness (QED) is 0.685. The first-order valence-electron chi connectivity index (χ1n) is 9.59. The molecule has 0 aliphatic rings. The van der Waals surface area contributed by atoms with E-state index in [1.165, 1.54) is 4.90 Å². The second-order valence-corrected chi connectivity index (χ2v) is 6.48. The molecular formula is C22H29N3O3. The van der Waals surface area contributed by atoms with E-state index in [9.17, 15) is 9.59 Å². The SMILES string of the molecule is CCN(CC)CCOc1ccc(NC(=O)CN(C)C(=O)c2ccccc2)cc1. The van der Waals surface area contributed by atoms with Crippen LogP contribution in [0.4, 0.5) is 5.69 Å². The fourth-order valence-corrected chi connectivity index (χ4v) is 2.76. The van der Waals surface area contributed by atoms with E-state index in [4.69, 9.17) is 4.74 Å². The van der Waals surface area contributed by atoms with E-state index in [-0.39, 0.29) is 18.4 Å². The van der Waals surface area contributed by atoms with Crippen LogP contribution in [0.5, 0.6) is 5.75 Å². The number of nitrogens with zero attached hydrogens (tertiary/aromatic N) is 2. The fraction of sp³-hybridized carbons (Fsp3) is 0.364. The van der Waals surface area contributed by atoms with E-state index in [0.29, 0.717) is 17.9 Å². The van der Waals surface area contributed by atoms with Crippen molar-refractivity contribution in [3.63, 3.8) is 0 Å². The number of anilines is 1. The first kappa shape index (κ1) is 21.4. The van der Waals surface area contributed by atoms with Gasteiger partial charge in [0.05, 0.1) is 6.54 Å². The maximum Gasteiger partial charge on any atom is 0.254 e. The molecule has 2 aromatic carbocycles. The summed E-state index contributed by atoms with van der Waals surface area (Å²) in [6.07, 6.45) is 0. The average Bonchev–Trinajstić information content (AvgIpc) is 2.72. The number of hydrogen-bond acceptors (Lipinski definition) is 4. The van der Waals surface area contributed by atoms with Crippen LogP contribution in [0.15, 0.2) is 54.6 Å². The van der Waals surface area contributed by atoms with Crippen LogP contribution in [0.25, 0.3) is 0 Å². The molecule has 0 heterocycles. The first-order valence-corrected chi connectivity index (χ1v) is 9.59. The van der Waals surface area contributed by atoms with Gasteiger partial charge in [0, 0.05) is 24.8 Å². The van der Waals surface area contributed by atoms with E-state index in [1.54, 1.807) is 43.4 Å². The molecule has 0 fully saturated rings. The Kier molecular flexibility index (Phi) is 8.49. The number of ether oxygens (including phenoxy) is 1. The molecule has 0 saturated carbocycles. The van der Waals surface area contributed by atoms with Gasteiger partial charge in [-0.15, -0.1) is 0 Å². The van der Waals surface area contributed by atoms with Gasteiger partial charge in [0.25, 0.3) is 5.91 Å². The molecule has 0 aromatic heterocycles. The molecule has 28 heavy (non-hydrogen) atoms. The number of carbonyl (C=O) groups excluding carboxylic acids is 2. The molecule has 0 spiro atoms. The van der Waals surface area contributed by atoms with Crippen LogP contribution in [-0.2, 0) is 4.79 Å². The Morgan fingerprint density at radius 3 is 2.21 bits per heavy atom. The molecule has 0 atom stereocenters. The fourth-order valence-electron chi connectivity index (χ4n) is 2.76. The molecule has 0 radical (unpaired) electrons. The second kappa shape index (κ2) is 11.1. The predicted molar refractivity (Wildman–Crippen MR) is 112 cm³/mol. The number of hydrogen-bond donors (Lipinski definition) is 1. The average molecular weight is 383 g/mol. The van der Waals surface area contributed by atoms with E-state index >= 15 is 0 Å². The van der Waals surface area contributed by atoms with Gasteiger partial charge in [0.1, 0.15) is 12.4 Å². The van der Waals surface area contributed by atoms with Gasteiger partial charge in [-0.25, -0.2) is 0 Å². The summed E-state index contributed by atoms with van der Waals surface area (Å²) in [7, 11) is 1.61. The third-order valence-electron chi connectivity index (χ3n) is 4.46. The predicted octanol–water partition coefficient (Wildman–Crippen LogP) is 3.12. The molecule has 6 heteroatoms. The van der Waals surface area contributed by atoms with Crippen LogP contribution in [0.2, 0.25) is 0 Å². The molecule has 0 aliphatic carbocycles. The summed E-state index contributed by atoms with van der Waals surface area (Å²) >= 11 is 0. The summed E-state index contributed by atoms with van der Waals surface area (Å²) in [5.74, 6) is 0.330. The van der Waals surface area contributed by atoms with Crippen molar-refractivity contribution < 1.29 is 14.3 Å². The van der Waals surface area contributed by atoms with Gasteiger partial charge in [0.2, 0.25) is 5.91 Å². The Morgan fingerprint density at radius 1 is 0.964 bits per heavy atom. The van der Waals surface area contributed by atoms with Crippen molar-refractivity contribution in [1.82, 2.24) is 9.80 Å². The normalized spacial score (nSPS) is 10.6. The minimum absolute atomic E-state index is 0.0180. The molecule has 150 valence electrons. The molecule has 2 rings (SSSR count). The summed E-state index contributed by atoms with van der Waals surface area (Å²) < 4.78 is 5.74. The molecule has 0 aliphatic heterocycles. The topological polar surface area (TPSA) is 61.9 Å². The Labute approximate surface area is 167 Å². The second-order valence-electron chi connectivity index (χ2n) is 6.48. The lowest BCUT2D eigenvalue weighted by atomic mass is 10.2. The monoisotopic (exact) mass is 383 g/mol. The number of amides is 2. The smallest absolute Gasteiger partial charge is 0.254 e. The van der Waals surface area contributed by atoms with Gasteiger partial charge < -0.3 is 19.9 Å². The Bertz CT molecular complexity index is 743. The number of benzene rings is 2. The van der Waals surface area contributed by atoms with Gasteiger partial charge >= 0.3 is 0 Å². The summed E-state index contributed by atoms with van der Waals surface area (Å²) in [4.78, 5) is 28.2. The molecule has 0 bridgehead atoms. The van der Waals surface area contributed by atoms with Crippen molar-refractivity contribution in [2.75, 3.05) is 45.2 Å². The highest BCUT2D eigenvalue weighted by molar-refractivity contribution is 5.99. The molecular weight excluding hydrogens is 354 g/mol. The molecule has 0 unspecified atom stereocenters. The van der Waals surface area contributed by atoms with Crippen molar-refractivity contribution in [3.8, 4) is 5.75 Å². The summed E-state index contributed by atoms with van der Waals surface area (Å²) in [6.45, 7) is 7.76. The number of carbonyl (C=O) groups is 2. The van der Waals surface area contributed by atoms with E-state index in [2.05, 4.69) is 24.1 Å². The summed E-state index contributed by atoms with van der Waals surface area (Å²) in [6, 6.07) is 16.2. The maximum absolute atomic E-state index is 12.3. The highest BCUT2D eigenvalue weighted by Gasteiger charge is 2.14. The lowest BCUT2D eigenvalue weighted by molar-refractivity contribution is -0.116. The van der Waals surface area contributed by atoms with Crippen molar-refractivity contribution in [2.45, 2.75) is 13.8 Å². The van der Waals surface area contributed by atoms with Crippen molar-refractivity contribution in [2.24, 2.45) is 0 Å². The lowest BCUT2D eigenvalue weighted by Crippen LogP contribution is -2.34. The van der Waals surface area contributed by atoms with Gasteiger partial charge in [-0.05, 0) is 49.5 Å². The Morgan fingerprint density at radius 2 is 1.61 bits per heavy atom. The third kappa shape index (κ3) is 6.70. The van der Waals surface area contributed by atoms with Crippen molar-refractivity contribution >= 4 is 17.5 Å². The number of nitrogens with one attached hydrogen (secondary N) is 1. The molecule has 1 N–H and O–H groups in total. The van der Waals surface area contributed by atoms with Gasteiger partial charge in [0.15, 0.2) is 0 Å².